The molecule has 140 valence electrons. The Morgan fingerprint density at radius 3 is 2.80 bits per heavy atom. The van der Waals surface area contributed by atoms with Gasteiger partial charge < -0.3 is 20.4 Å². The number of methoxy groups -OCH3 is 1. The molecule has 0 saturated carbocycles. The van der Waals surface area contributed by atoms with E-state index in [4.69, 9.17) is 4.74 Å². The highest BCUT2D eigenvalue weighted by atomic mass is 127. The Bertz CT molecular complexity index is 627. The van der Waals surface area contributed by atoms with Gasteiger partial charge in [0.1, 0.15) is 0 Å². The molecular formula is C19H31IN4O. The number of aliphatic imine (C=N–C) groups is 1. The number of guanidine groups is 1. The van der Waals surface area contributed by atoms with Gasteiger partial charge in [-0.05, 0) is 44.2 Å². The Morgan fingerprint density at radius 1 is 1.16 bits per heavy atom. The molecule has 2 rings (SSSR count). The number of fused-ring (bicyclic) bond motifs is 1. The zero-order valence-corrected chi connectivity index (χ0v) is 17.6. The highest BCUT2D eigenvalue weighted by Crippen LogP contribution is 2.17. The molecule has 5 nitrogen and oxygen atoms in total. The van der Waals surface area contributed by atoms with Crippen LogP contribution in [0.25, 0.3) is 10.9 Å². The highest BCUT2D eigenvalue weighted by molar-refractivity contribution is 14.0. The zero-order valence-electron chi connectivity index (χ0n) is 15.3. The van der Waals surface area contributed by atoms with E-state index in [0.717, 1.165) is 57.9 Å². The number of unbranched alkanes of at least 4 members (excludes halogenated alkanes) is 2. The summed E-state index contributed by atoms with van der Waals surface area (Å²) in [5.41, 5.74) is 2.54. The molecule has 25 heavy (non-hydrogen) atoms. The lowest BCUT2D eigenvalue weighted by molar-refractivity contribution is 0.192. The van der Waals surface area contributed by atoms with Crippen molar-refractivity contribution in [2.24, 2.45) is 4.99 Å². The van der Waals surface area contributed by atoms with Gasteiger partial charge in [-0.1, -0.05) is 18.2 Å². The van der Waals surface area contributed by atoms with Crippen LogP contribution in [0.2, 0.25) is 0 Å². The van der Waals surface area contributed by atoms with Crippen LogP contribution in [0.5, 0.6) is 0 Å². The second-order valence-corrected chi connectivity index (χ2v) is 5.85. The maximum atomic E-state index is 5.06. The smallest absolute Gasteiger partial charge is 0.191 e. The average molecular weight is 458 g/mol. The summed E-state index contributed by atoms with van der Waals surface area (Å²) < 4.78 is 5.06. The minimum absolute atomic E-state index is 0. The molecule has 0 saturated heterocycles. The first-order valence-corrected chi connectivity index (χ1v) is 8.91. The second-order valence-electron chi connectivity index (χ2n) is 5.85. The molecule has 0 atom stereocenters. The van der Waals surface area contributed by atoms with Crippen LogP contribution in [0.15, 0.2) is 35.5 Å². The molecule has 0 aliphatic carbocycles. The number of hydrogen-bond donors (Lipinski definition) is 3. The molecule has 1 aromatic heterocycles. The summed E-state index contributed by atoms with van der Waals surface area (Å²) >= 11 is 0. The van der Waals surface area contributed by atoms with Crippen molar-refractivity contribution in [1.82, 2.24) is 15.6 Å². The third-order valence-electron chi connectivity index (χ3n) is 3.98. The van der Waals surface area contributed by atoms with Gasteiger partial charge in [-0.3, -0.25) is 4.99 Å². The molecule has 0 spiro atoms. The molecule has 0 radical (unpaired) electrons. The number of H-pyrrole nitrogens is 1. The number of halogens is 1. The molecule has 6 heteroatoms. The summed E-state index contributed by atoms with van der Waals surface area (Å²) in [5, 5.41) is 8.04. The van der Waals surface area contributed by atoms with Crippen molar-refractivity contribution in [3.05, 3.63) is 36.0 Å². The molecule has 1 heterocycles. The molecule has 0 fully saturated rings. The summed E-state index contributed by atoms with van der Waals surface area (Å²) in [6.45, 7) is 5.54. The standard InChI is InChI=1S/C19H30N4O.HI/c1-3-20-19(21-12-7-4-8-14-24-2)22-13-11-16-15-23-18-10-6-5-9-17(16)18;/h5-6,9-10,15,23H,3-4,7-8,11-14H2,1-2H3,(H2,20,21,22);1H. The van der Waals surface area contributed by atoms with E-state index in [1.807, 2.05) is 0 Å². The van der Waals surface area contributed by atoms with Gasteiger partial charge in [-0.25, -0.2) is 0 Å². The number of hydrogen-bond acceptors (Lipinski definition) is 2. The van der Waals surface area contributed by atoms with E-state index in [1.54, 1.807) is 7.11 Å². The summed E-state index contributed by atoms with van der Waals surface area (Å²) in [6, 6.07) is 8.42. The average Bonchev–Trinajstić information content (AvgIpc) is 3.01. The SMILES string of the molecule is CCNC(=NCCCCCOC)NCCc1c[nH]c2ccccc12.I. The topological polar surface area (TPSA) is 61.4 Å². The summed E-state index contributed by atoms with van der Waals surface area (Å²) in [4.78, 5) is 7.96. The van der Waals surface area contributed by atoms with Gasteiger partial charge in [-0.15, -0.1) is 24.0 Å². The van der Waals surface area contributed by atoms with Crippen LogP contribution < -0.4 is 10.6 Å². The minimum Gasteiger partial charge on any atom is -0.385 e. The molecule has 2 aromatic rings. The molecule has 1 aromatic carbocycles. The van der Waals surface area contributed by atoms with Crippen molar-refractivity contribution < 1.29 is 4.74 Å². The molecule has 0 aliphatic rings. The highest BCUT2D eigenvalue weighted by Gasteiger charge is 2.03. The van der Waals surface area contributed by atoms with Crippen molar-refractivity contribution in [2.75, 3.05) is 33.4 Å². The van der Waals surface area contributed by atoms with Gasteiger partial charge >= 0.3 is 0 Å². The number of aromatic amines is 1. The number of rotatable bonds is 10. The minimum atomic E-state index is 0. The number of benzene rings is 1. The first-order chi connectivity index (χ1) is 11.8. The summed E-state index contributed by atoms with van der Waals surface area (Å²) in [6.07, 6.45) is 6.44. The van der Waals surface area contributed by atoms with Gasteiger partial charge in [0.2, 0.25) is 0 Å². The van der Waals surface area contributed by atoms with Crippen LogP contribution in [-0.2, 0) is 11.2 Å². The van der Waals surface area contributed by atoms with Crippen LogP contribution in [0, 0.1) is 0 Å². The lowest BCUT2D eigenvalue weighted by atomic mass is 10.1. The second kappa shape index (κ2) is 13.0. The molecule has 0 bridgehead atoms. The van der Waals surface area contributed by atoms with Crippen molar-refractivity contribution >= 4 is 40.8 Å². The van der Waals surface area contributed by atoms with Crippen molar-refractivity contribution in [3.63, 3.8) is 0 Å². The Balaban J connectivity index is 0.00000312. The number of nitrogens with one attached hydrogen (secondary N) is 3. The largest absolute Gasteiger partial charge is 0.385 e. The van der Waals surface area contributed by atoms with Crippen molar-refractivity contribution in [3.8, 4) is 0 Å². The fraction of sp³-hybridized carbons (Fsp3) is 0.526. The third kappa shape index (κ3) is 7.64. The molecule has 0 unspecified atom stereocenters. The van der Waals surface area contributed by atoms with E-state index >= 15 is 0 Å². The van der Waals surface area contributed by atoms with Crippen LogP contribution in [0.4, 0.5) is 0 Å². The first-order valence-electron chi connectivity index (χ1n) is 8.91. The van der Waals surface area contributed by atoms with Crippen molar-refractivity contribution in [2.45, 2.75) is 32.6 Å². The summed E-state index contributed by atoms with van der Waals surface area (Å²) in [5.74, 6) is 0.907. The van der Waals surface area contributed by atoms with E-state index in [9.17, 15) is 0 Å². The van der Waals surface area contributed by atoms with Crippen LogP contribution in [0.1, 0.15) is 31.7 Å². The molecule has 0 aliphatic heterocycles. The van der Waals surface area contributed by atoms with E-state index in [2.05, 4.69) is 58.0 Å². The molecule has 3 N–H and O–H groups in total. The predicted octanol–water partition coefficient (Wildman–Crippen LogP) is 3.70. The van der Waals surface area contributed by atoms with E-state index in [-0.39, 0.29) is 24.0 Å². The van der Waals surface area contributed by atoms with Gasteiger partial charge in [0.15, 0.2) is 5.96 Å². The van der Waals surface area contributed by atoms with Crippen LogP contribution in [0.3, 0.4) is 0 Å². The normalized spacial score (nSPS) is 11.4. The van der Waals surface area contributed by atoms with Gasteiger partial charge in [0.05, 0.1) is 0 Å². The lowest BCUT2D eigenvalue weighted by Gasteiger charge is -2.11. The van der Waals surface area contributed by atoms with E-state index < -0.39 is 0 Å². The zero-order chi connectivity index (χ0) is 17.0. The monoisotopic (exact) mass is 458 g/mol. The maximum Gasteiger partial charge on any atom is 0.191 e. The summed E-state index contributed by atoms with van der Waals surface area (Å²) in [7, 11) is 1.75. The maximum absolute atomic E-state index is 5.06. The van der Waals surface area contributed by atoms with Gasteiger partial charge in [0.25, 0.3) is 0 Å². The fourth-order valence-corrected chi connectivity index (χ4v) is 2.72. The Morgan fingerprint density at radius 2 is 2.00 bits per heavy atom. The Labute approximate surface area is 168 Å². The van der Waals surface area contributed by atoms with E-state index in [0.29, 0.717) is 0 Å². The molecule has 0 amide bonds. The quantitative estimate of drug-likeness (QED) is 0.220. The Kier molecular flexibility index (Phi) is 11.3. The lowest BCUT2D eigenvalue weighted by Crippen LogP contribution is -2.38. The number of aromatic nitrogens is 1. The van der Waals surface area contributed by atoms with Crippen LogP contribution >= 0.6 is 24.0 Å². The first kappa shape index (κ1) is 21.8. The van der Waals surface area contributed by atoms with Crippen LogP contribution in [-0.4, -0.2) is 44.3 Å². The number of nitrogens with zero attached hydrogens (tertiary/aromatic N) is 1. The number of para-hydroxylation sites is 1. The molecular weight excluding hydrogens is 427 g/mol. The Hall–Kier alpha value is -1.28. The fourth-order valence-electron chi connectivity index (χ4n) is 2.72. The van der Waals surface area contributed by atoms with Gasteiger partial charge in [-0.2, -0.15) is 0 Å². The third-order valence-corrected chi connectivity index (χ3v) is 3.98. The number of ether oxygens (including phenoxy) is 1. The van der Waals surface area contributed by atoms with E-state index in [1.165, 1.54) is 16.5 Å². The van der Waals surface area contributed by atoms with Gasteiger partial charge in [0, 0.05) is 50.5 Å². The van der Waals surface area contributed by atoms with Crippen molar-refractivity contribution in [1.29, 1.82) is 0 Å². The predicted molar refractivity (Wildman–Crippen MR) is 117 cm³/mol.